The standard InChI is InChI=1S/C21H32N2O3/c1-5-22-12-8-9-13-23(17(4)24)18(14-16(2)3)15-26-20-11-7-6-10-19(20)21(22)25/h6-7,10-11,16,18H,5,8-9,12-15H2,1-4H3/t18-/m0/s1. The summed E-state index contributed by atoms with van der Waals surface area (Å²) in [6.45, 7) is 10.4. The van der Waals surface area contributed by atoms with Crippen molar-refractivity contribution in [3.63, 3.8) is 0 Å². The number of amides is 2. The lowest BCUT2D eigenvalue weighted by Crippen LogP contribution is -2.44. The predicted octanol–water partition coefficient (Wildman–Crippen LogP) is 3.58. The van der Waals surface area contributed by atoms with E-state index in [0.29, 0.717) is 43.5 Å². The van der Waals surface area contributed by atoms with Gasteiger partial charge in [0.25, 0.3) is 5.91 Å². The summed E-state index contributed by atoms with van der Waals surface area (Å²) >= 11 is 0. The summed E-state index contributed by atoms with van der Waals surface area (Å²) in [4.78, 5) is 28.9. The Morgan fingerprint density at radius 1 is 1.23 bits per heavy atom. The number of benzene rings is 1. The molecule has 26 heavy (non-hydrogen) atoms. The zero-order chi connectivity index (χ0) is 19.1. The van der Waals surface area contributed by atoms with Gasteiger partial charge < -0.3 is 14.5 Å². The van der Waals surface area contributed by atoms with E-state index in [9.17, 15) is 9.59 Å². The molecule has 0 saturated carbocycles. The van der Waals surface area contributed by atoms with E-state index in [0.717, 1.165) is 19.3 Å². The van der Waals surface area contributed by atoms with Gasteiger partial charge in [0.2, 0.25) is 5.91 Å². The van der Waals surface area contributed by atoms with Gasteiger partial charge >= 0.3 is 0 Å². The molecule has 1 aromatic carbocycles. The molecule has 0 fully saturated rings. The van der Waals surface area contributed by atoms with Crippen molar-refractivity contribution in [1.29, 1.82) is 0 Å². The van der Waals surface area contributed by atoms with Gasteiger partial charge in [-0.25, -0.2) is 0 Å². The van der Waals surface area contributed by atoms with Crippen LogP contribution in [0, 0.1) is 5.92 Å². The highest BCUT2D eigenvalue weighted by molar-refractivity contribution is 5.96. The summed E-state index contributed by atoms with van der Waals surface area (Å²) < 4.78 is 6.08. The quantitative estimate of drug-likeness (QED) is 0.828. The van der Waals surface area contributed by atoms with Crippen LogP contribution < -0.4 is 4.74 Å². The summed E-state index contributed by atoms with van der Waals surface area (Å²) in [7, 11) is 0. The molecule has 2 amide bonds. The molecule has 0 spiro atoms. The van der Waals surface area contributed by atoms with Crippen LogP contribution in [0.25, 0.3) is 0 Å². The maximum absolute atomic E-state index is 12.9. The minimum absolute atomic E-state index is 0.0208. The van der Waals surface area contributed by atoms with Gasteiger partial charge in [0.15, 0.2) is 0 Å². The molecular formula is C21H32N2O3. The lowest BCUT2D eigenvalue weighted by atomic mass is 10.0. The second-order valence-electron chi connectivity index (χ2n) is 7.39. The molecule has 0 saturated heterocycles. The van der Waals surface area contributed by atoms with Crippen LogP contribution in [-0.4, -0.2) is 53.9 Å². The molecule has 1 aliphatic rings. The third-order valence-corrected chi connectivity index (χ3v) is 4.88. The number of hydrogen-bond acceptors (Lipinski definition) is 3. The van der Waals surface area contributed by atoms with Crippen molar-refractivity contribution in [1.82, 2.24) is 9.80 Å². The van der Waals surface area contributed by atoms with Gasteiger partial charge in [0.1, 0.15) is 12.4 Å². The van der Waals surface area contributed by atoms with Crippen molar-refractivity contribution in [3.8, 4) is 5.75 Å². The monoisotopic (exact) mass is 360 g/mol. The van der Waals surface area contributed by atoms with Crippen LogP contribution in [0.15, 0.2) is 24.3 Å². The number of hydrogen-bond donors (Lipinski definition) is 0. The molecule has 0 unspecified atom stereocenters. The molecule has 0 radical (unpaired) electrons. The number of rotatable bonds is 3. The topological polar surface area (TPSA) is 49.9 Å². The van der Waals surface area contributed by atoms with Gasteiger partial charge in [-0.2, -0.15) is 0 Å². The van der Waals surface area contributed by atoms with Gasteiger partial charge in [-0.05, 0) is 44.2 Å². The van der Waals surface area contributed by atoms with E-state index in [1.54, 1.807) is 6.92 Å². The molecule has 0 aromatic heterocycles. The first-order chi connectivity index (χ1) is 12.4. The SMILES string of the molecule is CCN1CCCCN(C(C)=O)[C@@H](CC(C)C)COc2ccccc2C1=O. The molecular weight excluding hydrogens is 328 g/mol. The zero-order valence-electron chi connectivity index (χ0n) is 16.5. The van der Waals surface area contributed by atoms with E-state index in [1.807, 2.05) is 41.0 Å². The highest BCUT2D eigenvalue weighted by atomic mass is 16.5. The van der Waals surface area contributed by atoms with Crippen molar-refractivity contribution < 1.29 is 14.3 Å². The molecule has 0 N–H and O–H groups in total. The third kappa shape index (κ3) is 5.23. The van der Waals surface area contributed by atoms with Crippen molar-refractivity contribution in [2.24, 2.45) is 5.92 Å². The first-order valence-electron chi connectivity index (χ1n) is 9.72. The lowest BCUT2D eigenvalue weighted by molar-refractivity contribution is -0.132. The second kappa shape index (κ2) is 9.60. The Morgan fingerprint density at radius 2 is 1.92 bits per heavy atom. The molecule has 2 rings (SSSR count). The van der Waals surface area contributed by atoms with E-state index in [-0.39, 0.29) is 17.9 Å². The molecule has 144 valence electrons. The number of para-hydroxylation sites is 1. The average Bonchev–Trinajstić information content (AvgIpc) is 2.60. The maximum atomic E-state index is 12.9. The Balaban J connectivity index is 2.33. The molecule has 1 aliphatic heterocycles. The minimum Gasteiger partial charge on any atom is -0.491 e. The highest BCUT2D eigenvalue weighted by Crippen LogP contribution is 2.23. The van der Waals surface area contributed by atoms with E-state index >= 15 is 0 Å². The lowest BCUT2D eigenvalue weighted by Gasteiger charge is -2.33. The van der Waals surface area contributed by atoms with Crippen molar-refractivity contribution in [3.05, 3.63) is 29.8 Å². The predicted molar refractivity (Wildman–Crippen MR) is 103 cm³/mol. The fraction of sp³-hybridized carbons (Fsp3) is 0.619. The van der Waals surface area contributed by atoms with Crippen molar-refractivity contribution >= 4 is 11.8 Å². The van der Waals surface area contributed by atoms with Crippen molar-refractivity contribution in [2.75, 3.05) is 26.2 Å². The largest absolute Gasteiger partial charge is 0.491 e. The first kappa shape index (κ1) is 20.3. The van der Waals surface area contributed by atoms with E-state index < -0.39 is 0 Å². The second-order valence-corrected chi connectivity index (χ2v) is 7.39. The Hall–Kier alpha value is -2.04. The summed E-state index contributed by atoms with van der Waals surface area (Å²) in [6, 6.07) is 7.45. The number of carbonyl (C=O) groups is 2. The maximum Gasteiger partial charge on any atom is 0.257 e. The van der Waals surface area contributed by atoms with Crippen LogP contribution in [0.5, 0.6) is 5.75 Å². The van der Waals surface area contributed by atoms with Gasteiger partial charge in [0.05, 0.1) is 11.6 Å². The van der Waals surface area contributed by atoms with Gasteiger partial charge in [-0.15, -0.1) is 0 Å². The van der Waals surface area contributed by atoms with E-state index in [2.05, 4.69) is 13.8 Å². The Kier molecular flexibility index (Phi) is 7.49. The van der Waals surface area contributed by atoms with Crippen LogP contribution in [0.4, 0.5) is 0 Å². The molecule has 0 aliphatic carbocycles. The fourth-order valence-electron chi connectivity index (χ4n) is 3.54. The number of fused-ring (bicyclic) bond motifs is 1. The van der Waals surface area contributed by atoms with Crippen LogP contribution in [0.3, 0.4) is 0 Å². The molecule has 1 atom stereocenters. The number of carbonyl (C=O) groups excluding carboxylic acids is 2. The van der Waals surface area contributed by atoms with Gasteiger partial charge in [-0.3, -0.25) is 9.59 Å². The average molecular weight is 360 g/mol. The minimum atomic E-state index is 0.0208. The molecule has 5 nitrogen and oxygen atoms in total. The summed E-state index contributed by atoms with van der Waals surface area (Å²) in [5.74, 6) is 1.18. The van der Waals surface area contributed by atoms with Crippen LogP contribution >= 0.6 is 0 Å². The smallest absolute Gasteiger partial charge is 0.257 e. The molecule has 5 heteroatoms. The summed E-state index contributed by atoms with van der Waals surface area (Å²) in [6.07, 6.45) is 2.66. The van der Waals surface area contributed by atoms with Gasteiger partial charge in [-0.1, -0.05) is 26.0 Å². The first-order valence-corrected chi connectivity index (χ1v) is 9.72. The van der Waals surface area contributed by atoms with E-state index in [4.69, 9.17) is 4.74 Å². The van der Waals surface area contributed by atoms with Gasteiger partial charge in [0, 0.05) is 26.6 Å². The summed E-state index contributed by atoms with van der Waals surface area (Å²) in [5, 5.41) is 0. The van der Waals surface area contributed by atoms with E-state index in [1.165, 1.54) is 0 Å². The fourth-order valence-corrected chi connectivity index (χ4v) is 3.54. The third-order valence-electron chi connectivity index (χ3n) is 4.88. The van der Waals surface area contributed by atoms with Crippen molar-refractivity contribution in [2.45, 2.75) is 53.0 Å². The number of ether oxygens (including phenoxy) is 1. The zero-order valence-corrected chi connectivity index (χ0v) is 16.5. The summed E-state index contributed by atoms with van der Waals surface area (Å²) in [5.41, 5.74) is 0.604. The molecule has 0 bridgehead atoms. The Morgan fingerprint density at radius 3 is 2.58 bits per heavy atom. The molecule has 1 aromatic rings. The van der Waals surface area contributed by atoms with Crippen LogP contribution in [0.2, 0.25) is 0 Å². The van der Waals surface area contributed by atoms with Crippen LogP contribution in [0.1, 0.15) is 57.3 Å². The van der Waals surface area contributed by atoms with Crippen LogP contribution in [-0.2, 0) is 4.79 Å². The Bertz CT molecular complexity index is 615. The number of nitrogens with zero attached hydrogens (tertiary/aromatic N) is 2. The normalized spacial score (nSPS) is 19.4. The molecule has 1 heterocycles. The highest BCUT2D eigenvalue weighted by Gasteiger charge is 2.25. The Labute approximate surface area is 157 Å².